The van der Waals surface area contributed by atoms with Gasteiger partial charge in [-0.25, -0.2) is 4.68 Å². The van der Waals surface area contributed by atoms with Crippen molar-refractivity contribution in [3.05, 3.63) is 76.2 Å². The van der Waals surface area contributed by atoms with Gasteiger partial charge in [-0.05, 0) is 42.7 Å². The molecule has 0 atom stereocenters. The highest BCUT2D eigenvalue weighted by molar-refractivity contribution is 5.91. The van der Waals surface area contributed by atoms with Crippen molar-refractivity contribution in [1.82, 2.24) is 9.36 Å². The molecule has 1 aromatic heterocycles. The molecular formula is C23H27N3O3. The average molecular weight is 393 g/mol. The van der Waals surface area contributed by atoms with Gasteiger partial charge >= 0.3 is 0 Å². The molecule has 0 saturated carbocycles. The molecule has 0 spiro atoms. The van der Waals surface area contributed by atoms with E-state index < -0.39 is 0 Å². The summed E-state index contributed by atoms with van der Waals surface area (Å²) in [7, 11) is 1.79. The van der Waals surface area contributed by atoms with Crippen LogP contribution in [-0.2, 0) is 11.8 Å². The summed E-state index contributed by atoms with van der Waals surface area (Å²) in [6.07, 6.45) is 0.158. The van der Waals surface area contributed by atoms with Crippen LogP contribution >= 0.6 is 0 Å². The molecule has 0 unspecified atom stereocenters. The molecule has 3 aromatic rings. The number of nitrogens with zero attached hydrogens (tertiary/aromatic N) is 2. The van der Waals surface area contributed by atoms with Crippen molar-refractivity contribution >= 4 is 11.6 Å². The van der Waals surface area contributed by atoms with Gasteiger partial charge < -0.3 is 10.1 Å². The van der Waals surface area contributed by atoms with E-state index in [4.69, 9.17) is 4.74 Å². The highest BCUT2D eigenvalue weighted by Crippen LogP contribution is 2.19. The predicted molar refractivity (Wildman–Crippen MR) is 115 cm³/mol. The Morgan fingerprint density at radius 3 is 2.34 bits per heavy atom. The Labute approximate surface area is 170 Å². The molecule has 0 saturated heterocycles. The van der Waals surface area contributed by atoms with Gasteiger partial charge in [0.15, 0.2) is 0 Å². The fourth-order valence-corrected chi connectivity index (χ4v) is 3.12. The number of amides is 1. The Bertz CT molecular complexity index is 1030. The second-order valence-electron chi connectivity index (χ2n) is 7.31. The van der Waals surface area contributed by atoms with Crippen LogP contribution in [-0.4, -0.2) is 21.9 Å². The predicted octanol–water partition coefficient (Wildman–Crippen LogP) is 4.02. The van der Waals surface area contributed by atoms with Crippen molar-refractivity contribution in [3.8, 4) is 11.4 Å². The summed E-state index contributed by atoms with van der Waals surface area (Å²) in [4.78, 5) is 25.2. The Balaban J connectivity index is 1.63. The number of nitrogens with one attached hydrogen (secondary N) is 1. The molecule has 0 radical (unpaired) electrons. The lowest BCUT2D eigenvalue weighted by Crippen LogP contribution is -2.23. The van der Waals surface area contributed by atoms with Gasteiger partial charge in [-0.15, -0.1) is 0 Å². The molecule has 2 aromatic carbocycles. The maximum absolute atomic E-state index is 12.8. The van der Waals surface area contributed by atoms with Gasteiger partial charge in [-0.3, -0.25) is 14.3 Å². The maximum Gasteiger partial charge on any atom is 0.295 e. The van der Waals surface area contributed by atoms with E-state index in [1.165, 1.54) is 10.2 Å². The van der Waals surface area contributed by atoms with E-state index in [0.717, 1.165) is 11.4 Å². The summed E-state index contributed by atoms with van der Waals surface area (Å²) in [5.41, 5.74) is 2.72. The molecule has 1 amide bonds. The molecule has 0 aliphatic heterocycles. The number of carbonyl (C=O) groups is 1. The summed E-state index contributed by atoms with van der Waals surface area (Å²) in [5.74, 6) is 0.934. The molecule has 152 valence electrons. The molecule has 0 aliphatic rings. The molecule has 29 heavy (non-hydrogen) atoms. The lowest BCUT2D eigenvalue weighted by atomic mass is 10.0. The van der Waals surface area contributed by atoms with E-state index in [1.54, 1.807) is 11.7 Å². The molecule has 6 nitrogen and oxygen atoms in total. The number of hydrogen-bond acceptors (Lipinski definition) is 3. The van der Waals surface area contributed by atoms with Crippen LogP contribution in [0.4, 0.5) is 5.69 Å². The van der Waals surface area contributed by atoms with Crippen molar-refractivity contribution in [2.75, 3.05) is 11.9 Å². The van der Waals surface area contributed by atoms with Crippen LogP contribution in [0.25, 0.3) is 5.69 Å². The van der Waals surface area contributed by atoms with E-state index in [0.29, 0.717) is 17.3 Å². The Morgan fingerprint density at radius 2 is 1.72 bits per heavy atom. The number of ether oxygens (including phenoxy) is 1. The quantitative estimate of drug-likeness (QED) is 0.659. The smallest absolute Gasteiger partial charge is 0.295 e. The highest BCUT2D eigenvalue weighted by Gasteiger charge is 2.18. The van der Waals surface area contributed by atoms with Gasteiger partial charge in [-0.1, -0.05) is 44.2 Å². The molecule has 1 heterocycles. The minimum Gasteiger partial charge on any atom is -0.493 e. The fraction of sp³-hybridized carbons (Fsp3) is 0.304. The van der Waals surface area contributed by atoms with Crippen molar-refractivity contribution in [2.24, 2.45) is 7.05 Å². The summed E-state index contributed by atoms with van der Waals surface area (Å²) in [5, 5.41) is 2.75. The summed E-state index contributed by atoms with van der Waals surface area (Å²) in [6.45, 7) is 6.32. The molecule has 0 bridgehead atoms. The van der Waals surface area contributed by atoms with Gasteiger partial charge in [0.1, 0.15) is 11.4 Å². The van der Waals surface area contributed by atoms with Crippen LogP contribution in [0, 0.1) is 6.92 Å². The summed E-state index contributed by atoms with van der Waals surface area (Å²) in [6, 6.07) is 17.2. The zero-order valence-corrected chi connectivity index (χ0v) is 17.3. The molecule has 3 rings (SSSR count). The van der Waals surface area contributed by atoms with Crippen LogP contribution in [0.5, 0.6) is 5.75 Å². The van der Waals surface area contributed by atoms with Crippen LogP contribution in [0.15, 0.2) is 59.4 Å². The van der Waals surface area contributed by atoms with Crippen molar-refractivity contribution in [2.45, 2.75) is 33.1 Å². The first kappa shape index (κ1) is 20.5. The lowest BCUT2D eigenvalue weighted by molar-refractivity contribution is -0.116. The van der Waals surface area contributed by atoms with Gasteiger partial charge in [0.05, 0.1) is 24.4 Å². The Morgan fingerprint density at radius 1 is 1.07 bits per heavy atom. The molecular weight excluding hydrogens is 366 g/mol. The van der Waals surface area contributed by atoms with E-state index in [-0.39, 0.29) is 24.5 Å². The monoisotopic (exact) mass is 393 g/mol. The molecule has 0 fully saturated rings. The first-order valence-corrected chi connectivity index (χ1v) is 9.75. The number of aromatic nitrogens is 2. The number of hydrogen-bond donors (Lipinski definition) is 1. The number of anilines is 1. The zero-order valence-electron chi connectivity index (χ0n) is 17.3. The average Bonchev–Trinajstić information content (AvgIpc) is 2.92. The summed E-state index contributed by atoms with van der Waals surface area (Å²) < 4.78 is 8.93. The van der Waals surface area contributed by atoms with Crippen LogP contribution in [0.2, 0.25) is 0 Å². The Hall–Kier alpha value is -3.28. The van der Waals surface area contributed by atoms with Crippen LogP contribution < -0.4 is 15.6 Å². The second-order valence-corrected chi connectivity index (χ2v) is 7.31. The van der Waals surface area contributed by atoms with Crippen LogP contribution in [0.1, 0.15) is 37.4 Å². The minimum atomic E-state index is -0.255. The minimum absolute atomic E-state index is 0.158. The molecule has 6 heteroatoms. The number of rotatable bonds is 7. The largest absolute Gasteiger partial charge is 0.493 e. The third-order valence-electron chi connectivity index (χ3n) is 4.96. The first-order valence-electron chi connectivity index (χ1n) is 9.75. The maximum atomic E-state index is 12.8. The third-order valence-corrected chi connectivity index (χ3v) is 4.96. The zero-order chi connectivity index (χ0) is 21.0. The number of benzene rings is 2. The lowest BCUT2D eigenvalue weighted by Gasteiger charge is -2.09. The van der Waals surface area contributed by atoms with Crippen molar-refractivity contribution in [1.29, 1.82) is 0 Å². The Kier molecular flexibility index (Phi) is 6.22. The van der Waals surface area contributed by atoms with Gasteiger partial charge in [0, 0.05) is 7.05 Å². The normalized spacial score (nSPS) is 10.9. The van der Waals surface area contributed by atoms with E-state index >= 15 is 0 Å². The van der Waals surface area contributed by atoms with Gasteiger partial charge in [-0.2, -0.15) is 0 Å². The fourth-order valence-electron chi connectivity index (χ4n) is 3.12. The van der Waals surface area contributed by atoms with Crippen LogP contribution in [0.3, 0.4) is 0 Å². The molecule has 1 N–H and O–H groups in total. The number of carbonyl (C=O) groups excluding carboxylic acids is 1. The second kappa shape index (κ2) is 8.82. The van der Waals surface area contributed by atoms with E-state index in [1.807, 2.05) is 61.5 Å². The van der Waals surface area contributed by atoms with Crippen molar-refractivity contribution in [3.63, 3.8) is 0 Å². The topological polar surface area (TPSA) is 65.3 Å². The standard InChI is InChI=1S/C23H27N3O3/c1-16(2)18-10-12-20(13-11-18)29-15-14-21(27)24-22-17(3)25(4)26(23(22)28)19-8-6-5-7-9-19/h5-13,16H,14-15H2,1-4H3,(H,24,27). The van der Waals surface area contributed by atoms with E-state index in [9.17, 15) is 9.59 Å². The highest BCUT2D eigenvalue weighted by atomic mass is 16.5. The third kappa shape index (κ3) is 4.59. The van der Waals surface area contributed by atoms with Gasteiger partial charge in [0.25, 0.3) is 5.56 Å². The van der Waals surface area contributed by atoms with E-state index in [2.05, 4.69) is 19.2 Å². The van der Waals surface area contributed by atoms with Crippen molar-refractivity contribution < 1.29 is 9.53 Å². The number of para-hydroxylation sites is 1. The molecule has 0 aliphatic carbocycles. The van der Waals surface area contributed by atoms with Gasteiger partial charge in [0.2, 0.25) is 5.91 Å². The SMILES string of the molecule is Cc1c(NC(=O)CCOc2ccc(C(C)C)cc2)c(=O)n(-c2ccccc2)n1C. The first-order chi connectivity index (χ1) is 13.9. The summed E-state index contributed by atoms with van der Waals surface area (Å²) >= 11 is 0.